The highest BCUT2D eigenvalue weighted by molar-refractivity contribution is 6.07. The molecule has 0 spiro atoms. The van der Waals surface area contributed by atoms with Crippen LogP contribution in [0.3, 0.4) is 0 Å². The van der Waals surface area contributed by atoms with Crippen molar-refractivity contribution in [2.75, 3.05) is 6.54 Å². The summed E-state index contributed by atoms with van der Waals surface area (Å²) in [7, 11) is 0. The van der Waals surface area contributed by atoms with E-state index in [-0.39, 0.29) is 5.91 Å². The summed E-state index contributed by atoms with van der Waals surface area (Å²) in [6, 6.07) is 9.88. The maximum Gasteiger partial charge on any atom is 0.253 e. The predicted molar refractivity (Wildman–Crippen MR) is 96.2 cm³/mol. The van der Waals surface area contributed by atoms with E-state index in [1.807, 2.05) is 42.7 Å². The first-order valence-corrected chi connectivity index (χ1v) is 8.08. The third-order valence-electron chi connectivity index (χ3n) is 4.18. The number of hydrogen-bond acceptors (Lipinski definition) is 3. The highest BCUT2D eigenvalue weighted by atomic mass is 16.1. The largest absolute Gasteiger partial charge is 0.360 e. The normalized spacial score (nSPS) is 10.9. The minimum atomic E-state index is -0.0776. The van der Waals surface area contributed by atoms with Crippen LogP contribution in [0.1, 0.15) is 15.9 Å². The van der Waals surface area contributed by atoms with E-state index in [9.17, 15) is 4.79 Å². The number of nitrogens with one attached hydrogen (secondary N) is 3. The van der Waals surface area contributed by atoms with Gasteiger partial charge in [0.05, 0.1) is 11.8 Å². The molecule has 3 heterocycles. The number of fused-ring (bicyclic) bond motifs is 1. The summed E-state index contributed by atoms with van der Waals surface area (Å²) < 4.78 is 0. The molecule has 6 nitrogen and oxygen atoms in total. The first-order valence-electron chi connectivity index (χ1n) is 8.08. The molecule has 1 aromatic carbocycles. The molecule has 0 fully saturated rings. The number of aromatic amines is 2. The molecule has 4 rings (SSSR count). The zero-order valence-electron chi connectivity index (χ0n) is 13.5. The zero-order chi connectivity index (χ0) is 17.1. The summed E-state index contributed by atoms with van der Waals surface area (Å²) in [6.07, 6.45) is 9.68. The van der Waals surface area contributed by atoms with Gasteiger partial charge in [0.15, 0.2) is 0 Å². The number of aromatic nitrogens is 4. The molecule has 0 bridgehead atoms. The number of carbonyl (C=O) groups excluding carboxylic acids is 1. The second kappa shape index (κ2) is 6.60. The van der Waals surface area contributed by atoms with Crippen molar-refractivity contribution in [2.24, 2.45) is 0 Å². The van der Waals surface area contributed by atoms with Crippen molar-refractivity contribution in [3.8, 4) is 11.1 Å². The quantitative estimate of drug-likeness (QED) is 0.525. The second-order valence-corrected chi connectivity index (χ2v) is 5.82. The van der Waals surface area contributed by atoms with Crippen molar-refractivity contribution in [1.29, 1.82) is 0 Å². The minimum Gasteiger partial charge on any atom is -0.360 e. The van der Waals surface area contributed by atoms with Gasteiger partial charge in [-0.15, -0.1) is 0 Å². The smallest absolute Gasteiger partial charge is 0.253 e. The van der Waals surface area contributed by atoms with Crippen molar-refractivity contribution in [2.45, 2.75) is 6.42 Å². The molecule has 3 N–H and O–H groups in total. The third-order valence-corrected chi connectivity index (χ3v) is 4.18. The van der Waals surface area contributed by atoms with E-state index >= 15 is 0 Å². The Labute approximate surface area is 144 Å². The number of pyridine rings is 1. The lowest BCUT2D eigenvalue weighted by molar-refractivity contribution is 0.0956. The number of rotatable bonds is 5. The molecule has 0 atom stereocenters. The molecule has 25 heavy (non-hydrogen) atoms. The van der Waals surface area contributed by atoms with E-state index in [1.54, 1.807) is 18.6 Å². The summed E-state index contributed by atoms with van der Waals surface area (Å²) >= 11 is 0. The predicted octanol–water partition coefficient (Wildman–Crippen LogP) is 2.93. The fourth-order valence-corrected chi connectivity index (χ4v) is 2.86. The number of hydrogen-bond donors (Lipinski definition) is 3. The first-order chi connectivity index (χ1) is 12.3. The Bertz CT molecular complexity index is 989. The molecule has 0 unspecified atom stereocenters. The lowest BCUT2D eigenvalue weighted by Crippen LogP contribution is -2.25. The Hall–Kier alpha value is -3.41. The van der Waals surface area contributed by atoms with Gasteiger partial charge in [-0.05, 0) is 29.7 Å². The third kappa shape index (κ3) is 3.14. The van der Waals surface area contributed by atoms with Crippen molar-refractivity contribution < 1.29 is 4.79 Å². The van der Waals surface area contributed by atoms with Gasteiger partial charge in [0.25, 0.3) is 5.91 Å². The highest BCUT2D eigenvalue weighted by Crippen LogP contribution is 2.25. The van der Waals surface area contributed by atoms with Crippen molar-refractivity contribution in [3.05, 3.63) is 72.4 Å². The molecule has 0 aliphatic carbocycles. The molecule has 1 amide bonds. The number of H-pyrrole nitrogens is 2. The monoisotopic (exact) mass is 331 g/mol. The number of carbonyl (C=O) groups is 1. The maximum absolute atomic E-state index is 12.5. The fraction of sp³-hybridized carbons (Fsp3) is 0.105. The summed E-state index contributed by atoms with van der Waals surface area (Å²) in [5, 5.41) is 10.6. The number of benzene rings is 1. The van der Waals surface area contributed by atoms with Gasteiger partial charge in [-0.3, -0.25) is 14.9 Å². The van der Waals surface area contributed by atoms with Gasteiger partial charge in [0, 0.05) is 47.8 Å². The van der Waals surface area contributed by atoms with Gasteiger partial charge in [-0.2, -0.15) is 5.10 Å². The molecule has 0 radical (unpaired) electrons. The average molecular weight is 331 g/mol. The summed E-state index contributed by atoms with van der Waals surface area (Å²) in [5.74, 6) is -0.0776. The summed E-state index contributed by atoms with van der Waals surface area (Å²) in [5.41, 5.74) is 4.74. The molecule has 3 aromatic heterocycles. The van der Waals surface area contributed by atoms with Crippen LogP contribution in [-0.2, 0) is 6.42 Å². The van der Waals surface area contributed by atoms with E-state index < -0.39 is 0 Å². The van der Waals surface area contributed by atoms with Crippen LogP contribution in [0.2, 0.25) is 0 Å². The fourth-order valence-electron chi connectivity index (χ4n) is 2.86. The SMILES string of the molecule is O=C(NCCc1cccnc1)c1c[nH]c2cc(-c3cn[nH]c3)ccc12. The minimum absolute atomic E-state index is 0.0776. The maximum atomic E-state index is 12.5. The lowest BCUT2D eigenvalue weighted by atomic mass is 10.1. The van der Waals surface area contributed by atoms with Gasteiger partial charge >= 0.3 is 0 Å². The van der Waals surface area contributed by atoms with Gasteiger partial charge < -0.3 is 10.3 Å². The van der Waals surface area contributed by atoms with Crippen molar-refractivity contribution >= 4 is 16.8 Å². The van der Waals surface area contributed by atoms with E-state index in [1.165, 1.54) is 0 Å². The van der Waals surface area contributed by atoms with E-state index in [2.05, 4.69) is 25.5 Å². The summed E-state index contributed by atoms with van der Waals surface area (Å²) in [4.78, 5) is 19.7. The van der Waals surface area contributed by atoms with Gasteiger partial charge in [-0.1, -0.05) is 18.2 Å². The van der Waals surface area contributed by atoms with Gasteiger partial charge in [-0.25, -0.2) is 0 Å². The van der Waals surface area contributed by atoms with Crippen LogP contribution in [0.25, 0.3) is 22.0 Å². The van der Waals surface area contributed by atoms with Crippen LogP contribution < -0.4 is 5.32 Å². The topological polar surface area (TPSA) is 86.5 Å². The first kappa shape index (κ1) is 15.1. The Morgan fingerprint density at radius 3 is 2.88 bits per heavy atom. The van der Waals surface area contributed by atoms with Crippen molar-refractivity contribution in [1.82, 2.24) is 25.5 Å². The molecule has 124 valence electrons. The number of amides is 1. The molecule has 0 saturated heterocycles. The highest BCUT2D eigenvalue weighted by Gasteiger charge is 2.12. The Morgan fingerprint density at radius 1 is 1.12 bits per heavy atom. The van der Waals surface area contributed by atoms with Crippen LogP contribution in [0.5, 0.6) is 0 Å². The van der Waals surface area contributed by atoms with Crippen LogP contribution in [0.15, 0.2) is 61.3 Å². The van der Waals surface area contributed by atoms with Gasteiger partial charge in [0.1, 0.15) is 0 Å². The molecule has 0 aliphatic heterocycles. The molecule has 6 heteroatoms. The van der Waals surface area contributed by atoms with Crippen LogP contribution in [0.4, 0.5) is 0 Å². The van der Waals surface area contributed by atoms with Crippen molar-refractivity contribution in [3.63, 3.8) is 0 Å². The van der Waals surface area contributed by atoms with E-state index in [0.717, 1.165) is 34.0 Å². The average Bonchev–Trinajstić information content (AvgIpc) is 3.32. The van der Waals surface area contributed by atoms with Crippen LogP contribution in [-0.4, -0.2) is 32.6 Å². The van der Waals surface area contributed by atoms with Crippen LogP contribution >= 0.6 is 0 Å². The van der Waals surface area contributed by atoms with E-state index in [0.29, 0.717) is 12.1 Å². The Morgan fingerprint density at radius 2 is 2.08 bits per heavy atom. The second-order valence-electron chi connectivity index (χ2n) is 5.82. The Balaban J connectivity index is 1.48. The lowest BCUT2D eigenvalue weighted by Gasteiger charge is -2.05. The number of nitrogens with zero attached hydrogens (tertiary/aromatic N) is 2. The molecule has 0 aliphatic rings. The van der Waals surface area contributed by atoms with Gasteiger partial charge in [0.2, 0.25) is 0 Å². The molecular formula is C19H17N5O. The standard InChI is InChI=1S/C19H17N5O/c25-19(21-7-5-13-2-1-6-20-9-13)17-12-22-18-8-14(3-4-16(17)18)15-10-23-24-11-15/h1-4,6,8-12,22H,5,7H2,(H,21,25)(H,23,24). The van der Waals surface area contributed by atoms with E-state index in [4.69, 9.17) is 0 Å². The zero-order valence-corrected chi connectivity index (χ0v) is 13.5. The molecular weight excluding hydrogens is 314 g/mol. The molecule has 0 saturated carbocycles. The molecule has 4 aromatic rings. The Kier molecular flexibility index (Phi) is 4.00. The summed E-state index contributed by atoms with van der Waals surface area (Å²) in [6.45, 7) is 0.574. The van der Waals surface area contributed by atoms with Crippen LogP contribution in [0, 0.1) is 0 Å².